The number of carbonyl (C=O) groups is 1. The van der Waals surface area contributed by atoms with E-state index in [4.69, 9.17) is 10.1 Å². The molecule has 1 fully saturated rings. The van der Waals surface area contributed by atoms with E-state index in [1.807, 2.05) is 0 Å². The first-order valence-electron chi connectivity index (χ1n) is 10.6. The van der Waals surface area contributed by atoms with Crippen LogP contribution in [0.1, 0.15) is 60.0 Å². The van der Waals surface area contributed by atoms with Crippen LogP contribution >= 0.6 is 11.3 Å². The maximum Gasteiger partial charge on any atom is 0.354 e. The van der Waals surface area contributed by atoms with Crippen LogP contribution in [0.15, 0.2) is 14.6 Å². The van der Waals surface area contributed by atoms with E-state index in [0.29, 0.717) is 17.0 Å². The molecule has 2 atom stereocenters. The van der Waals surface area contributed by atoms with Crippen LogP contribution in [0.5, 0.6) is 0 Å². The second-order valence-corrected chi connectivity index (χ2v) is 12.2. The Hall–Kier alpha value is -1.92. The Balaban J connectivity index is 1.49. The molecule has 32 heavy (non-hydrogen) atoms. The molecule has 3 aliphatic carbocycles. The Bertz CT molecular complexity index is 1260. The highest BCUT2D eigenvalue weighted by atomic mass is 32.2. The number of urea groups is 1. The average molecular weight is 481 g/mol. The van der Waals surface area contributed by atoms with Crippen LogP contribution in [0.4, 0.5) is 14.9 Å². The summed E-state index contributed by atoms with van der Waals surface area (Å²) in [6.07, 6.45) is 6.67. The van der Waals surface area contributed by atoms with Gasteiger partial charge in [-0.05, 0) is 69.1 Å². The summed E-state index contributed by atoms with van der Waals surface area (Å²) >= 11 is 0.625. The number of nitrogens with one attached hydrogen (secondary N) is 1. The molecule has 0 aromatic carbocycles. The number of carbonyl (C=O) groups excluding carboxylic acids is 1. The number of aromatic nitrogens is 1. The molecule has 1 saturated carbocycles. The van der Waals surface area contributed by atoms with Crippen LogP contribution in [0, 0.1) is 5.82 Å². The van der Waals surface area contributed by atoms with Gasteiger partial charge >= 0.3 is 6.03 Å². The quantitative estimate of drug-likeness (QED) is 0.533. The van der Waals surface area contributed by atoms with Gasteiger partial charge < -0.3 is 15.5 Å². The molecule has 2 aromatic rings. The van der Waals surface area contributed by atoms with Crippen molar-refractivity contribution in [2.75, 3.05) is 11.9 Å². The predicted octanol–water partition coefficient (Wildman–Crippen LogP) is 2.88. The van der Waals surface area contributed by atoms with Gasteiger partial charge in [-0.15, -0.1) is 15.7 Å². The largest absolute Gasteiger partial charge is 0.393 e. The Labute approximate surface area is 189 Å². The number of anilines is 1. The highest BCUT2D eigenvalue weighted by Crippen LogP contribution is 2.58. The average Bonchev–Trinajstić information content (AvgIpc) is 3.03. The van der Waals surface area contributed by atoms with Gasteiger partial charge in [0.25, 0.3) is 0 Å². The third kappa shape index (κ3) is 3.47. The van der Waals surface area contributed by atoms with E-state index in [1.54, 1.807) is 0 Å². The van der Waals surface area contributed by atoms with E-state index in [2.05, 4.69) is 9.68 Å². The van der Waals surface area contributed by atoms with Crippen LogP contribution in [0.3, 0.4) is 0 Å². The Morgan fingerprint density at radius 1 is 1.38 bits per heavy atom. The predicted molar refractivity (Wildman–Crippen MR) is 118 cm³/mol. The number of aliphatic hydroxyl groups is 2. The molecule has 0 bridgehead atoms. The lowest BCUT2D eigenvalue weighted by Gasteiger charge is -2.17. The molecule has 2 aromatic heterocycles. The number of amides is 2. The Kier molecular flexibility index (Phi) is 4.99. The number of fused-ring (bicyclic) bond motifs is 3. The highest BCUT2D eigenvalue weighted by Gasteiger charge is 2.51. The van der Waals surface area contributed by atoms with Crippen molar-refractivity contribution >= 4 is 33.0 Å². The molecule has 2 amide bonds. The molecule has 0 unspecified atom stereocenters. The van der Waals surface area contributed by atoms with Gasteiger partial charge in [0.1, 0.15) is 5.60 Å². The van der Waals surface area contributed by atoms with Crippen LogP contribution in [-0.4, -0.2) is 32.0 Å². The van der Waals surface area contributed by atoms with Gasteiger partial charge in [0.15, 0.2) is 19.9 Å². The minimum atomic E-state index is -3.90. The van der Waals surface area contributed by atoms with Crippen molar-refractivity contribution in [3.8, 4) is 0 Å². The number of hydrogen-bond acceptors (Lipinski definition) is 6. The summed E-state index contributed by atoms with van der Waals surface area (Å²) in [6, 6.07) is 0.0495. The van der Waals surface area contributed by atoms with Gasteiger partial charge in [-0.1, -0.05) is 0 Å². The van der Waals surface area contributed by atoms with Crippen molar-refractivity contribution in [2.45, 2.75) is 67.1 Å². The van der Waals surface area contributed by atoms with E-state index in [9.17, 15) is 23.6 Å². The molecule has 0 aliphatic heterocycles. The fourth-order valence-electron chi connectivity index (χ4n) is 4.77. The zero-order valence-corrected chi connectivity index (χ0v) is 19.2. The number of rotatable bonds is 4. The minimum absolute atomic E-state index is 0.0424. The molecule has 5 rings (SSSR count). The molecule has 2 heterocycles. The van der Waals surface area contributed by atoms with E-state index >= 15 is 0 Å². The van der Waals surface area contributed by atoms with Crippen LogP contribution in [0.25, 0.3) is 0 Å². The van der Waals surface area contributed by atoms with Gasteiger partial charge in [-0.3, -0.25) is 4.98 Å². The fourth-order valence-corrected chi connectivity index (χ4v) is 7.14. The maximum atomic E-state index is 14.5. The van der Waals surface area contributed by atoms with E-state index < -0.39 is 38.2 Å². The summed E-state index contributed by atoms with van der Waals surface area (Å²) in [5.41, 5.74) is 3.22. The van der Waals surface area contributed by atoms with Gasteiger partial charge in [-0.2, -0.15) is 0 Å². The number of halogens is 1. The Morgan fingerprint density at radius 3 is 2.81 bits per heavy atom. The molecule has 8 nitrogen and oxygen atoms in total. The van der Waals surface area contributed by atoms with Crippen molar-refractivity contribution < 1.29 is 23.6 Å². The third-order valence-corrected chi connectivity index (χ3v) is 10.0. The smallest absolute Gasteiger partial charge is 0.354 e. The molecule has 0 saturated heterocycles. The van der Waals surface area contributed by atoms with Crippen molar-refractivity contribution in [1.29, 1.82) is 0 Å². The topological polar surface area (TPSA) is 138 Å². The zero-order chi connectivity index (χ0) is 22.9. The SMILES string of the molecule is C[C@@](O)(CO)c1cc(F)c([S@@](N)(=O)=NC(=O)Nc2c3c(nc4c2CCC42CC2)CCC3)s1. The standard InChI is InChI=1S/C21H25FN4O4S2/c1-20(29,10-27)15-9-13(22)18(31-15)32(23,30)26-19(28)25-16-11-3-2-4-14(11)24-17-12(16)5-6-21(17)7-8-21/h9,27,29H,2-8,10H2,1H3,(H3,23,24,25,26,28,30)/t20-,32+/m1/s1. The van der Waals surface area contributed by atoms with Crippen molar-refractivity contribution in [1.82, 2.24) is 4.98 Å². The monoisotopic (exact) mass is 480 g/mol. The highest BCUT2D eigenvalue weighted by molar-refractivity contribution is 7.93. The minimum Gasteiger partial charge on any atom is -0.393 e. The van der Waals surface area contributed by atoms with E-state index in [0.717, 1.165) is 73.5 Å². The molecular weight excluding hydrogens is 455 g/mol. The fraction of sp³-hybridized carbons (Fsp3) is 0.524. The summed E-state index contributed by atoms with van der Waals surface area (Å²) in [5.74, 6) is -0.941. The summed E-state index contributed by atoms with van der Waals surface area (Å²) in [6.45, 7) is 0.636. The Morgan fingerprint density at radius 2 is 2.12 bits per heavy atom. The lowest BCUT2D eigenvalue weighted by atomic mass is 10.0. The summed E-state index contributed by atoms with van der Waals surface area (Å²) in [4.78, 5) is 17.8. The third-order valence-electron chi connectivity index (χ3n) is 6.74. The zero-order valence-electron chi connectivity index (χ0n) is 17.6. The number of nitrogens with zero attached hydrogens (tertiary/aromatic N) is 2. The lowest BCUT2D eigenvalue weighted by Crippen LogP contribution is -2.24. The van der Waals surface area contributed by atoms with Crippen LogP contribution in [0.2, 0.25) is 0 Å². The maximum absolute atomic E-state index is 14.5. The molecule has 3 aliphatic rings. The van der Waals surface area contributed by atoms with Crippen molar-refractivity contribution in [2.24, 2.45) is 9.50 Å². The van der Waals surface area contributed by atoms with E-state index in [1.165, 1.54) is 6.92 Å². The van der Waals surface area contributed by atoms with Crippen molar-refractivity contribution in [3.63, 3.8) is 0 Å². The molecule has 5 N–H and O–H groups in total. The van der Waals surface area contributed by atoms with Crippen LogP contribution in [-0.2, 0) is 40.2 Å². The lowest BCUT2D eigenvalue weighted by molar-refractivity contribution is 0.000654. The number of nitrogens with two attached hydrogens (primary N) is 1. The number of pyridine rings is 1. The van der Waals surface area contributed by atoms with E-state index in [-0.39, 0.29) is 10.3 Å². The van der Waals surface area contributed by atoms with Gasteiger partial charge in [0.05, 0.1) is 18.0 Å². The van der Waals surface area contributed by atoms with Gasteiger partial charge in [0, 0.05) is 16.0 Å². The normalized spacial score (nSPS) is 21.5. The summed E-state index contributed by atoms with van der Waals surface area (Å²) in [5, 5.41) is 28.0. The van der Waals surface area contributed by atoms with Gasteiger partial charge in [0.2, 0.25) is 0 Å². The van der Waals surface area contributed by atoms with Gasteiger partial charge in [-0.25, -0.2) is 18.5 Å². The number of aliphatic hydroxyl groups excluding tert-OH is 1. The molecular formula is C21H25FN4O4S2. The number of aryl methyl sites for hydroxylation is 1. The second kappa shape index (κ2) is 7.29. The first-order chi connectivity index (χ1) is 15.1. The number of thiophene rings is 1. The summed E-state index contributed by atoms with van der Waals surface area (Å²) in [7, 11) is -3.90. The summed E-state index contributed by atoms with van der Waals surface area (Å²) < 4.78 is 30.6. The molecule has 0 radical (unpaired) electrons. The molecule has 1 spiro atoms. The van der Waals surface area contributed by atoms with Crippen molar-refractivity contribution in [3.05, 3.63) is 39.3 Å². The first kappa shape index (κ1) is 21.9. The first-order valence-corrected chi connectivity index (χ1v) is 13.0. The molecule has 11 heteroatoms. The molecule has 172 valence electrons. The van der Waals surface area contributed by atoms with Crippen LogP contribution < -0.4 is 10.5 Å². The number of hydrogen-bond donors (Lipinski definition) is 4. The second-order valence-electron chi connectivity index (χ2n) is 9.14.